The average Bonchev–Trinajstić information content (AvgIpc) is 2.36. The smallest absolute Gasteiger partial charge is 0.305 e. The molecule has 1 aromatic carbocycles. The topological polar surface area (TPSA) is 46.5 Å². The van der Waals surface area contributed by atoms with Crippen LogP contribution < -0.4 is 0 Å². The van der Waals surface area contributed by atoms with Gasteiger partial charge in [0.15, 0.2) is 0 Å². The van der Waals surface area contributed by atoms with Crippen LogP contribution in [0.25, 0.3) is 0 Å². The first-order valence-electron chi connectivity index (χ1n) is 6.03. The molecule has 0 bridgehead atoms. The number of benzene rings is 1. The van der Waals surface area contributed by atoms with Gasteiger partial charge in [0.05, 0.1) is 13.2 Å². The molecule has 0 fully saturated rings. The number of aliphatic hydroxyl groups excluding tert-OH is 1. The molecular formula is C14H18O3. The number of carbonyl (C=O) groups is 1. The maximum atomic E-state index is 11.1. The minimum atomic E-state index is -0.386. The normalized spacial score (nSPS) is 22.9. The Kier molecular flexibility index (Phi) is 3.79. The van der Waals surface area contributed by atoms with E-state index in [1.807, 2.05) is 18.2 Å². The van der Waals surface area contributed by atoms with Crippen LogP contribution in [0.4, 0.5) is 0 Å². The van der Waals surface area contributed by atoms with Crippen LogP contribution in [0.3, 0.4) is 0 Å². The predicted molar refractivity (Wildman–Crippen MR) is 64.5 cm³/mol. The summed E-state index contributed by atoms with van der Waals surface area (Å²) in [5, 5.41) is 10.0. The summed E-state index contributed by atoms with van der Waals surface area (Å²) in [6.45, 7) is 0. The Balaban J connectivity index is 1.99. The second-order valence-corrected chi connectivity index (χ2v) is 4.64. The first-order valence-corrected chi connectivity index (χ1v) is 6.03. The van der Waals surface area contributed by atoms with Crippen LogP contribution in [0.1, 0.15) is 36.5 Å². The van der Waals surface area contributed by atoms with E-state index in [0.717, 1.165) is 24.8 Å². The van der Waals surface area contributed by atoms with E-state index in [2.05, 4.69) is 10.8 Å². The fraction of sp³-hybridized carbons (Fsp3) is 0.500. The summed E-state index contributed by atoms with van der Waals surface area (Å²) in [7, 11) is 1.41. The van der Waals surface area contributed by atoms with Crippen molar-refractivity contribution in [3.8, 4) is 0 Å². The molecule has 2 rings (SSSR count). The lowest BCUT2D eigenvalue weighted by Gasteiger charge is -2.28. The van der Waals surface area contributed by atoms with Gasteiger partial charge in [-0.15, -0.1) is 0 Å². The highest BCUT2D eigenvalue weighted by atomic mass is 16.5. The third-order valence-corrected chi connectivity index (χ3v) is 3.46. The summed E-state index contributed by atoms with van der Waals surface area (Å²) >= 11 is 0. The van der Waals surface area contributed by atoms with Crippen LogP contribution in [-0.4, -0.2) is 18.2 Å². The van der Waals surface area contributed by atoms with Gasteiger partial charge in [-0.25, -0.2) is 0 Å². The van der Waals surface area contributed by atoms with E-state index < -0.39 is 0 Å². The molecule has 0 saturated heterocycles. The third-order valence-electron chi connectivity index (χ3n) is 3.46. The molecule has 1 aliphatic carbocycles. The molecule has 1 aliphatic rings. The minimum absolute atomic E-state index is 0.168. The van der Waals surface area contributed by atoms with Gasteiger partial charge in [-0.1, -0.05) is 24.3 Å². The number of esters is 1. The van der Waals surface area contributed by atoms with E-state index in [4.69, 9.17) is 0 Å². The predicted octanol–water partition coefficient (Wildman–Crippen LogP) is 2.24. The van der Waals surface area contributed by atoms with Crippen molar-refractivity contribution in [1.29, 1.82) is 0 Å². The number of fused-ring (bicyclic) bond motifs is 1. The van der Waals surface area contributed by atoms with Gasteiger partial charge in [-0.2, -0.15) is 0 Å². The van der Waals surface area contributed by atoms with E-state index in [1.54, 1.807) is 0 Å². The summed E-state index contributed by atoms with van der Waals surface area (Å²) in [6, 6.07) is 7.99. The molecule has 1 aromatic rings. The van der Waals surface area contributed by atoms with Crippen LogP contribution in [0.15, 0.2) is 24.3 Å². The third kappa shape index (κ3) is 2.86. The first-order chi connectivity index (χ1) is 8.20. The Morgan fingerprint density at radius 2 is 2.24 bits per heavy atom. The summed E-state index contributed by atoms with van der Waals surface area (Å²) in [6.07, 6.45) is 2.54. The number of hydrogen-bond donors (Lipinski definition) is 1. The van der Waals surface area contributed by atoms with E-state index in [9.17, 15) is 9.90 Å². The van der Waals surface area contributed by atoms with Crippen LogP contribution in [0.2, 0.25) is 0 Å². The molecule has 0 aromatic heterocycles. The number of rotatable bonds is 3. The molecule has 1 N–H and O–H groups in total. The Bertz CT molecular complexity index is 400. The lowest BCUT2D eigenvalue weighted by Crippen LogP contribution is -2.19. The van der Waals surface area contributed by atoms with Gasteiger partial charge in [0, 0.05) is 6.42 Å². The Morgan fingerprint density at radius 3 is 3.00 bits per heavy atom. The number of hydrogen-bond acceptors (Lipinski definition) is 3. The molecule has 0 heterocycles. The zero-order chi connectivity index (χ0) is 12.3. The van der Waals surface area contributed by atoms with Crippen LogP contribution in [0.5, 0.6) is 0 Å². The summed E-state index contributed by atoms with van der Waals surface area (Å²) < 4.78 is 4.64. The lowest BCUT2D eigenvalue weighted by atomic mass is 9.80. The standard InChI is InChI=1S/C14H18O3/c1-17-14(16)7-6-10-8-11-4-2-3-5-12(11)13(15)9-10/h2-5,10,13,15H,6-9H2,1H3. The molecule has 0 saturated carbocycles. The molecule has 2 unspecified atom stereocenters. The number of carbonyl (C=O) groups excluding carboxylic acids is 1. The van der Waals surface area contributed by atoms with Gasteiger partial charge in [-0.3, -0.25) is 4.79 Å². The zero-order valence-corrected chi connectivity index (χ0v) is 10.1. The minimum Gasteiger partial charge on any atom is -0.469 e. The molecule has 17 heavy (non-hydrogen) atoms. The van der Waals surface area contributed by atoms with Crippen molar-refractivity contribution in [2.45, 2.75) is 31.8 Å². The Labute approximate surface area is 101 Å². The molecule has 3 nitrogen and oxygen atoms in total. The second-order valence-electron chi connectivity index (χ2n) is 4.64. The van der Waals surface area contributed by atoms with Gasteiger partial charge in [0.25, 0.3) is 0 Å². The van der Waals surface area contributed by atoms with Crippen molar-refractivity contribution in [1.82, 2.24) is 0 Å². The van der Waals surface area contributed by atoms with Gasteiger partial charge >= 0.3 is 5.97 Å². The second kappa shape index (κ2) is 5.32. The monoisotopic (exact) mass is 234 g/mol. The van der Waals surface area contributed by atoms with E-state index in [0.29, 0.717) is 12.3 Å². The summed E-state index contributed by atoms with van der Waals surface area (Å²) in [5.41, 5.74) is 2.25. The zero-order valence-electron chi connectivity index (χ0n) is 10.1. The molecular weight excluding hydrogens is 216 g/mol. The van der Waals surface area contributed by atoms with Crippen LogP contribution in [-0.2, 0) is 16.0 Å². The molecule has 92 valence electrons. The fourth-order valence-corrected chi connectivity index (χ4v) is 2.53. The highest BCUT2D eigenvalue weighted by Gasteiger charge is 2.25. The maximum Gasteiger partial charge on any atom is 0.305 e. The molecule has 0 radical (unpaired) electrons. The van der Waals surface area contributed by atoms with E-state index >= 15 is 0 Å². The molecule has 2 atom stereocenters. The Hall–Kier alpha value is -1.35. The van der Waals surface area contributed by atoms with E-state index in [1.165, 1.54) is 12.7 Å². The molecule has 0 spiro atoms. The lowest BCUT2D eigenvalue weighted by molar-refractivity contribution is -0.141. The molecule has 3 heteroatoms. The van der Waals surface area contributed by atoms with Gasteiger partial charge in [0.2, 0.25) is 0 Å². The van der Waals surface area contributed by atoms with Crippen molar-refractivity contribution < 1.29 is 14.6 Å². The van der Waals surface area contributed by atoms with Gasteiger partial charge in [-0.05, 0) is 36.3 Å². The largest absolute Gasteiger partial charge is 0.469 e. The van der Waals surface area contributed by atoms with Crippen molar-refractivity contribution in [2.24, 2.45) is 5.92 Å². The van der Waals surface area contributed by atoms with Crippen molar-refractivity contribution in [3.05, 3.63) is 35.4 Å². The summed E-state index contributed by atoms with van der Waals surface area (Å²) in [4.78, 5) is 11.1. The van der Waals surface area contributed by atoms with E-state index in [-0.39, 0.29) is 12.1 Å². The van der Waals surface area contributed by atoms with Crippen molar-refractivity contribution >= 4 is 5.97 Å². The summed E-state index contributed by atoms with van der Waals surface area (Å²) in [5.74, 6) is 0.206. The SMILES string of the molecule is COC(=O)CCC1Cc2ccccc2C(O)C1. The van der Waals surface area contributed by atoms with Crippen LogP contribution in [0, 0.1) is 5.92 Å². The Morgan fingerprint density at radius 1 is 1.47 bits per heavy atom. The first kappa shape index (κ1) is 12.1. The van der Waals surface area contributed by atoms with Gasteiger partial charge in [0.1, 0.15) is 0 Å². The molecule has 0 amide bonds. The number of aliphatic hydroxyl groups is 1. The number of methoxy groups -OCH3 is 1. The maximum absolute atomic E-state index is 11.1. The van der Waals surface area contributed by atoms with Crippen LogP contribution >= 0.6 is 0 Å². The quantitative estimate of drug-likeness (QED) is 0.816. The van der Waals surface area contributed by atoms with Crippen molar-refractivity contribution in [2.75, 3.05) is 7.11 Å². The highest BCUT2D eigenvalue weighted by Crippen LogP contribution is 2.34. The van der Waals surface area contributed by atoms with Crippen molar-refractivity contribution in [3.63, 3.8) is 0 Å². The average molecular weight is 234 g/mol. The highest BCUT2D eigenvalue weighted by molar-refractivity contribution is 5.69. The van der Waals surface area contributed by atoms with Gasteiger partial charge < -0.3 is 9.84 Å². The fourth-order valence-electron chi connectivity index (χ4n) is 2.53. The molecule has 0 aliphatic heterocycles. The number of ether oxygens (including phenoxy) is 1.